The van der Waals surface area contributed by atoms with Gasteiger partial charge in [-0.2, -0.15) is 5.26 Å². The van der Waals surface area contributed by atoms with Gasteiger partial charge in [-0.25, -0.2) is 0 Å². The molecule has 0 radical (unpaired) electrons. The molecule has 3 aromatic carbocycles. The molecule has 3 aromatic rings. The Hall–Kier alpha value is -3.09. The molecule has 31 heavy (non-hydrogen) atoms. The van der Waals surface area contributed by atoms with Crippen molar-refractivity contribution in [3.05, 3.63) is 89.0 Å². The summed E-state index contributed by atoms with van der Waals surface area (Å²) in [6, 6.07) is 24.9. The highest BCUT2D eigenvalue weighted by atomic mass is 16.5. The van der Waals surface area contributed by atoms with Gasteiger partial charge >= 0.3 is 0 Å². The van der Waals surface area contributed by atoms with Crippen molar-refractivity contribution in [2.45, 2.75) is 32.3 Å². The second kappa shape index (κ2) is 9.81. The highest BCUT2D eigenvalue weighted by Gasteiger charge is 2.19. The summed E-state index contributed by atoms with van der Waals surface area (Å²) in [5.74, 6) is 1.75. The molecule has 0 spiro atoms. The van der Waals surface area contributed by atoms with Crippen LogP contribution in [-0.2, 0) is 19.4 Å². The highest BCUT2D eigenvalue weighted by molar-refractivity contribution is 5.70. The quantitative estimate of drug-likeness (QED) is 0.489. The molecular formula is C28H30N2O. The Morgan fingerprint density at radius 2 is 1.81 bits per heavy atom. The van der Waals surface area contributed by atoms with Crippen molar-refractivity contribution in [3.8, 4) is 22.9 Å². The van der Waals surface area contributed by atoms with Crippen LogP contribution in [0.2, 0.25) is 0 Å². The second-order valence-electron chi connectivity index (χ2n) is 8.77. The number of hydrogen-bond acceptors (Lipinski definition) is 3. The minimum absolute atomic E-state index is 0.546. The van der Waals surface area contributed by atoms with Gasteiger partial charge in [-0.15, -0.1) is 0 Å². The fourth-order valence-electron chi connectivity index (χ4n) is 4.36. The molecule has 1 atom stereocenters. The normalized spacial score (nSPS) is 15.4. The van der Waals surface area contributed by atoms with Crippen LogP contribution in [0.25, 0.3) is 11.1 Å². The second-order valence-corrected chi connectivity index (χ2v) is 8.77. The number of fused-ring (bicyclic) bond motifs is 1. The van der Waals surface area contributed by atoms with E-state index in [0.29, 0.717) is 12.2 Å². The van der Waals surface area contributed by atoms with E-state index >= 15 is 0 Å². The smallest absolute Gasteiger partial charge is 0.120 e. The molecule has 0 saturated carbocycles. The number of aryl methyl sites for hydroxylation is 1. The first-order valence-corrected chi connectivity index (χ1v) is 11.1. The van der Waals surface area contributed by atoms with Crippen LogP contribution in [0.1, 0.15) is 35.1 Å². The van der Waals surface area contributed by atoms with Crippen molar-refractivity contribution < 1.29 is 4.74 Å². The lowest BCUT2D eigenvalue weighted by Crippen LogP contribution is -2.21. The van der Waals surface area contributed by atoms with Gasteiger partial charge in [-0.3, -0.25) is 0 Å². The maximum absolute atomic E-state index is 9.32. The van der Waals surface area contributed by atoms with Crippen LogP contribution in [0, 0.1) is 17.2 Å². The zero-order chi connectivity index (χ0) is 21.6. The highest BCUT2D eigenvalue weighted by Crippen LogP contribution is 2.31. The summed E-state index contributed by atoms with van der Waals surface area (Å²) in [4.78, 5) is 2.28. The maximum Gasteiger partial charge on any atom is 0.120 e. The standard InChI is InChI=1S/C28H30N2O/c1-30(2)16-15-21-7-12-25-18-27(14-13-24(25)17-21)31-20-22-8-10-23(11-9-22)28-6-4-3-5-26(28)19-29/h3-6,8-11,13-14,18,21H,7,12,15-17,20H2,1-2H3. The monoisotopic (exact) mass is 410 g/mol. The third-order valence-corrected chi connectivity index (χ3v) is 6.21. The molecule has 158 valence electrons. The topological polar surface area (TPSA) is 36.3 Å². The minimum atomic E-state index is 0.546. The minimum Gasteiger partial charge on any atom is -0.489 e. The van der Waals surface area contributed by atoms with E-state index in [1.807, 2.05) is 24.3 Å². The first-order valence-electron chi connectivity index (χ1n) is 11.1. The number of nitrogens with zero attached hydrogens (tertiary/aromatic N) is 2. The van der Waals surface area contributed by atoms with Gasteiger partial charge in [-0.1, -0.05) is 48.5 Å². The zero-order valence-corrected chi connectivity index (χ0v) is 18.5. The summed E-state index contributed by atoms with van der Waals surface area (Å²) in [6.45, 7) is 1.71. The summed E-state index contributed by atoms with van der Waals surface area (Å²) >= 11 is 0. The molecule has 0 amide bonds. The van der Waals surface area contributed by atoms with E-state index in [1.54, 1.807) is 0 Å². The Kier molecular flexibility index (Phi) is 6.70. The van der Waals surface area contributed by atoms with Crippen molar-refractivity contribution >= 4 is 0 Å². The van der Waals surface area contributed by atoms with Crippen LogP contribution in [0.15, 0.2) is 66.7 Å². The Labute approximate surface area is 185 Å². The average Bonchev–Trinajstić information content (AvgIpc) is 2.81. The van der Waals surface area contributed by atoms with E-state index in [2.05, 4.69) is 67.5 Å². The molecular weight excluding hydrogens is 380 g/mol. The van der Waals surface area contributed by atoms with Gasteiger partial charge in [0.25, 0.3) is 0 Å². The van der Waals surface area contributed by atoms with Gasteiger partial charge in [0.1, 0.15) is 12.4 Å². The third kappa shape index (κ3) is 5.34. The van der Waals surface area contributed by atoms with Crippen molar-refractivity contribution in [2.75, 3.05) is 20.6 Å². The Morgan fingerprint density at radius 1 is 1.00 bits per heavy atom. The van der Waals surface area contributed by atoms with E-state index in [4.69, 9.17) is 4.74 Å². The fraction of sp³-hybridized carbons (Fsp3) is 0.321. The molecule has 0 saturated heterocycles. The molecule has 0 aliphatic heterocycles. The molecule has 1 aliphatic rings. The van der Waals surface area contributed by atoms with Crippen molar-refractivity contribution in [2.24, 2.45) is 5.92 Å². The number of benzene rings is 3. The van der Waals surface area contributed by atoms with Gasteiger partial charge in [0.15, 0.2) is 0 Å². The van der Waals surface area contributed by atoms with E-state index in [1.165, 1.54) is 36.9 Å². The van der Waals surface area contributed by atoms with Crippen LogP contribution in [0.4, 0.5) is 0 Å². The van der Waals surface area contributed by atoms with Gasteiger partial charge in [-0.05, 0) is 98.3 Å². The first-order chi connectivity index (χ1) is 15.1. The zero-order valence-electron chi connectivity index (χ0n) is 18.5. The lowest BCUT2D eigenvalue weighted by atomic mass is 9.82. The predicted molar refractivity (Wildman–Crippen MR) is 126 cm³/mol. The number of nitriles is 1. The van der Waals surface area contributed by atoms with Gasteiger partial charge in [0.05, 0.1) is 11.6 Å². The van der Waals surface area contributed by atoms with Crippen LogP contribution >= 0.6 is 0 Å². The van der Waals surface area contributed by atoms with Gasteiger partial charge in [0.2, 0.25) is 0 Å². The van der Waals surface area contributed by atoms with Crippen molar-refractivity contribution in [3.63, 3.8) is 0 Å². The molecule has 0 aromatic heterocycles. The lowest BCUT2D eigenvalue weighted by molar-refractivity contribution is 0.304. The molecule has 0 fully saturated rings. The van der Waals surface area contributed by atoms with Crippen molar-refractivity contribution in [1.29, 1.82) is 5.26 Å². The van der Waals surface area contributed by atoms with Gasteiger partial charge in [0, 0.05) is 0 Å². The van der Waals surface area contributed by atoms with Gasteiger partial charge < -0.3 is 9.64 Å². The largest absolute Gasteiger partial charge is 0.489 e. The number of ether oxygens (including phenoxy) is 1. The van der Waals surface area contributed by atoms with E-state index in [0.717, 1.165) is 34.8 Å². The SMILES string of the molecule is CN(C)CCC1CCc2cc(OCc3ccc(-c4ccccc4C#N)cc3)ccc2C1. The van der Waals surface area contributed by atoms with Crippen LogP contribution < -0.4 is 4.74 Å². The molecule has 0 N–H and O–H groups in total. The third-order valence-electron chi connectivity index (χ3n) is 6.21. The lowest BCUT2D eigenvalue weighted by Gasteiger charge is -2.26. The summed E-state index contributed by atoms with van der Waals surface area (Å²) in [5.41, 5.74) is 6.78. The maximum atomic E-state index is 9.32. The summed E-state index contributed by atoms with van der Waals surface area (Å²) in [7, 11) is 4.30. The van der Waals surface area contributed by atoms with Crippen LogP contribution in [0.5, 0.6) is 5.75 Å². The number of hydrogen-bond donors (Lipinski definition) is 0. The summed E-state index contributed by atoms with van der Waals surface area (Å²) in [5, 5.41) is 9.32. The molecule has 1 unspecified atom stereocenters. The van der Waals surface area contributed by atoms with Crippen LogP contribution in [0.3, 0.4) is 0 Å². The van der Waals surface area contributed by atoms with Crippen molar-refractivity contribution in [1.82, 2.24) is 4.90 Å². The Bertz CT molecular complexity index is 1060. The van der Waals surface area contributed by atoms with Crippen LogP contribution in [-0.4, -0.2) is 25.5 Å². The molecule has 3 heteroatoms. The molecule has 0 bridgehead atoms. The summed E-state index contributed by atoms with van der Waals surface area (Å²) < 4.78 is 6.10. The molecule has 4 rings (SSSR count). The Morgan fingerprint density at radius 3 is 2.58 bits per heavy atom. The molecule has 1 aliphatic carbocycles. The van der Waals surface area contributed by atoms with E-state index in [-0.39, 0.29) is 0 Å². The molecule has 0 heterocycles. The van der Waals surface area contributed by atoms with E-state index < -0.39 is 0 Å². The Balaban J connectivity index is 1.36. The van der Waals surface area contributed by atoms with E-state index in [9.17, 15) is 5.26 Å². The summed E-state index contributed by atoms with van der Waals surface area (Å²) in [6.07, 6.45) is 4.89. The molecule has 3 nitrogen and oxygen atoms in total. The first kappa shape index (κ1) is 21.2. The number of rotatable bonds is 7. The average molecular weight is 411 g/mol. The predicted octanol–water partition coefficient (Wildman–Crippen LogP) is 5.86. The fourth-order valence-corrected chi connectivity index (χ4v) is 4.36.